The molecule has 3 aromatic rings. The number of H-pyrrole nitrogens is 1. The Morgan fingerprint density at radius 2 is 1.86 bits per heavy atom. The van der Waals surface area contributed by atoms with Crippen molar-refractivity contribution in [3.8, 4) is 22.1 Å². The van der Waals surface area contributed by atoms with Crippen LogP contribution in [-0.2, 0) is 16.4 Å². The molecule has 0 aliphatic carbocycles. The molecule has 0 bridgehead atoms. The van der Waals surface area contributed by atoms with E-state index in [1.807, 2.05) is 31.2 Å². The van der Waals surface area contributed by atoms with Crippen molar-refractivity contribution in [1.29, 1.82) is 0 Å². The van der Waals surface area contributed by atoms with Gasteiger partial charge in [0.25, 0.3) is 0 Å². The summed E-state index contributed by atoms with van der Waals surface area (Å²) in [6, 6.07) is 9.12. The standard InChI is InChI=1S/C19H23N3O4S2/c1-12-9-15(22-21-12)18-11-19(13(2)27-18)28(23,24)20-8-7-14-5-6-16(25-3)17(10-14)26-4/h5-6,9-11,20H,7-8H2,1-4H3,(H,21,22). The van der Waals surface area contributed by atoms with Gasteiger partial charge in [0.15, 0.2) is 11.5 Å². The first kappa shape index (κ1) is 20.4. The van der Waals surface area contributed by atoms with Crippen LogP contribution in [0, 0.1) is 13.8 Å². The number of benzene rings is 1. The molecule has 2 aromatic heterocycles. The van der Waals surface area contributed by atoms with Gasteiger partial charge in [-0.25, -0.2) is 13.1 Å². The average molecular weight is 422 g/mol. The Kier molecular flexibility index (Phi) is 6.07. The third kappa shape index (κ3) is 4.37. The van der Waals surface area contributed by atoms with E-state index < -0.39 is 10.0 Å². The van der Waals surface area contributed by atoms with E-state index in [1.54, 1.807) is 27.2 Å². The Hall–Kier alpha value is -2.36. The first-order chi connectivity index (χ1) is 13.3. The molecule has 7 nitrogen and oxygen atoms in total. The highest BCUT2D eigenvalue weighted by Crippen LogP contribution is 2.33. The number of ether oxygens (including phenoxy) is 2. The fourth-order valence-electron chi connectivity index (χ4n) is 2.85. The summed E-state index contributed by atoms with van der Waals surface area (Å²) in [5.74, 6) is 1.26. The highest BCUT2D eigenvalue weighted by Gasteiger charge is 2.21. The molecule has 9 heteroatoms. The van der Waals surface area contributed by atoms with Gasteiger partial charge in [-0.2, -0.15) is 5.10 Å². The summed E-state index contributed by atoms with van der Waals surface area (Å²) >= 11 is 1.41. The summed E-state index contributed by atoms with van der Waals surface area (Å²) in [7, 11) is -0.455. The van der Waals surface area contributed by atoms with Gasteiger partial charge < -0.3 is 9.47 Å². The lowest BCUT2D eigenvalue weighted by molar-refractivity contribution is 0.354. The van der Waals surface area contributed by atoms with E-state index in [-0.39, 0.29) is 6.54 Å². The van der Waals surface area contributed by atoms with E-state index in [2.05, 4.69) is 14.9 Å². The summed E-state index contributed by atoms with van der Waals surface area (Å²) in [4.78, 5) is 1.84. The SMILES string of the molecule is COc1ccc(CCNS(=O)(=O)c2cc(-c3cc(C)[nH]n3)sc2C)cc1OC. The number of rotatable bonds is 8. The average Bonchev–Trinajstić information content (AvgIpc) is 3.27. The summed E-state index contributed by atoms with van der Waals surface area (Å²) in [6.07, 6.45) is 0.536. The van der Waals surface area contributed by atoms with Crippen LogP contribution in [0.4, 0.5) is 0 Å². The summed E-state index contributed by atoms with van der Waals surface area (Å²) in [5.41, 5.74) is 2.63. The molecule has 2 heterocycles. The molecule has 0 fully saturated rings. The number of aromatic amines is 1. The largest absolute Gasteiger partial charge is 0.493 e. The molecule has 1 aromatic carbocycles. The van der Waals surface area contributed by atoms with Gasteiger partial charge in [-0.15, -0.1) is 11.3 Å². The van der Waals surface area contributed by atoms with Gasteiger partial charge in [-0.05, 0) is 50.1 Å². The molecule has 0 saturated heterocycles. The number of nitrogens with zero attached hydrogens (tertiary/aromatic N) is 1. The van der Waals surface area contributed by atoms with Crippen LogP contribution in [0.5, 0.6) is 11.5 Å². The second-order valence-corrected chi connectivity index (χ2v) is 9.30. The van der Waals surface area contributed by atoms with Crippen molar-refractivity contribution in [2.24, 2.45) is 0 Å². The van der Waals surface area contributed by atoms with E-state index in [0.717, 1.165) is 26.7 Å². The minimum Gasteiger partial charge on any atom is -0.493 e. The van der Waals surface area contributed by atoms with Gasteiger partial charge in [0.05, 0.1) is 24.0 Å². The van der Waals surface area contributed by atoms with Gasteiger partial charge >= 0.3 is 0 Å². The molecule has 0 radical (unpaired) electrons. The number of aryl methyl sites for hydroxylation is 2. The molecule has 0 aliphatic rings. The van der Waals surface area contributed by atoms with E-state index in [4.69, 9.17) is 9.47 Å². The minimum atomic E-state index is -3.60. The zero-order chi connectivity index (χ0) is 20.3. The third-order valence-electron chi connectivity index (χ3n) is 4.27. The molecule has 0 amide bonds. The predicted molar refractivity (Wildman–Crippen MR) is 110 cm³/mol. The van der Waals surface area contributed by atoms with Crippen molar-refractivity contribution in [3.05, 3.63) is 46.5 Å². The number of hydrogen-bond acceptors (Lipinski definition) is 6. The Labute approximate surface area is 168 Å². The van der Waals surface area contributed by atoms with Crippen LogP contribution < -0.4 is 14.2 Å². The Balaban J connectivity index is 1.70. The first-order valence-electron chi connectivity index (χ1n) is 8.67. The summed E-state index contributed by atoms with van der Waals surface area (Å²) in [6.45, 7) is 3.99. The van der Waals surface area contributed by atoms with Gasteiger partial charge in [-0.1, -0.05) is 6.07 Å². The smallest absolute Gasteiger partial charge is 0.241 e. The maximum atomic E-state index is 12.7. The molecule has 0 unspecified atom stereocenters. The Morgan fingerprint density at radius 3 is 2.50 bits per heavy atom. The van der Waals surface area contributed by atoms with Crippen LogP contribution >= 0.6 is 11.3 Å². The van der Waals surface area contributed by atoms with Crippen molar-refractivity contribution in [2.45, 2.75) is 25.2 Å². The van der Waals surface area contributed by atoms with Crippen molar-refractivity contribution >= 4 is 21.4 Å². The van der Waals surface area contributed by atoms with E-state index in [1.165, 1.54) is 11.3 Å². The van der Waals surface area contributed by atoms with Gasteiger partial charge in [0, 0.05) is 17.1 Å². The zero-order valence-electron chi connectivity index (χ0n) is 16.2. The normalized spacial score (nSPS) is 11.6. The molecule has 0 aliphatic heterocycles. The molecular formula is C19H23N3O4S2. The minimum absolute atomic E-state index is 0.282. The highest BCUT2D eigenvalue weighted by molar-refractivity contribution is 7.89. The highest BCUT2D eigenvalue weighted by atomic mass is 32.2. The maximum absolute atomic E-state index is 12.7. The summed E-state index contributed by atoms with van der Waals surface area (Å²) < 4.78 is 38.7. The van der Waals surface area contributed by atoms with Crippen molar-refractivity contribution in [3.63, 3.8) is 0 Å². The number of aromatic nitrogens is 2. The lowest BCUT2D eigenvalue weighted by Crippen LogP contribution is -2.26. The lowest BCUT2D eigenvalue weighted by Gasteiger charge is -2.10. The topological polar surface area (TPSA) is 93.3 Å². The van der Waals surface area contributed by atoms with Crippen LogP contribution in [0.25, 0.3) is 10.6 Å². The maximum Gasteiger partial charge on any atom is 0.241 e. The van der Waals surface area contributed by atoms with Gasteiger partial charge in [-0.3, -0.25) is 5.10 Å². The molecular weight excluding hydrogens is 398 g/mol. The zero-order valence-corrected chi connectivity index (χ0v) is 17.8. The molecule has 2 N–H and O–H groups in total. The molecule has 0 spiro atoms. The number of nitrogens with one attached hydrogen (secondary N) is 2. The molecule has 0 atom stereocenters. The quantitative estimate of drug-likeness (QED) is 0.582. The van der Waals surface area contributed by atoms with E-state index in [9.17, 15) is 8.42 Å². The van der Waals surface area contributed by atoms with Crippen LogP contribution in [0.2, 0.25) is 0 Å². The van der Waals surface area contributed by atoms with Crippen molar-refractivity contribution in [1.82, 2.24) is 14.9 Å². The third-order valence-corrected chi connectivity index (χ3v) is 7.06. The first-order valence-corrected chi connectivity index (χ1v) is 11.0. The van der Waals surface area contributed by atoms with Crippen molar-refractivity contribution in [2.75, 3.05) is 20.8 Å². The molecule has 28 heavy (non-hydrogen) atoms. The van der Waals surface area contributed by atoms with Crippen molar-refractivity contribution < 1.29 is 17.9 Å². The second kappa shape index (κ2) is 8.34. The van der Waals surface area contributed by atoms with Crippen LogP contribution in [0.1, 0.15) is 16.1 Å². The number of thiophene rings is 1. The predicted octanol–water partition coefficient (Wildman–Crippen LogP) is 3.29. The van der Waals surface area contributed by atoms with Crippen LogP contribution in [0.15, 0.2) is 35.2 Å². The number of hydrogen-bond donors (Lipinski definition) is 2. The number of sulfonamides is 1. The van der Waals surface area contributed by atoms with Crippen LogP contribution in [0.3, 0.4) is 0 Å². The Bertz CT molecular complexity index is 1070. The van der Waals surface area contributed by atoms with E-state index in [0.29, 0.717) is 22.8 Å². The monoisotopic (exact) mass is 421 g/mol. The molecule has 150 valence electrons. The number of methoxy groups -OCH3 is 2. The van der Waals surface area contributed by atoms with Gasteiger partial charge in [0.2, 0.25) is 10.0 Å². The lowest BCUT2D eigenvalue weighted by atomic mass is 10.1. The molecule has 0 saturated carbocycles. The fourth-order valence-corrected chi connectivity index (χ4v) is 5.43. The summed E-state index contributed by atoms with van der Waals surface area (Å²) in [5, 5.41) is 7.08. The van der Waals surface area contributed by atoms with Crippen LogP contribution in [-0.4, -0.2) is 39.4 Å². The van der Waals surface area contributed by atoms with Gasteiger partial charge in [0.1, 0.15) is 5.69 Å². The van der Waals surface area contributed by atoms with E-state index >= 15 is 0 Å². The second-order valence-electron chi connectivity index (χ2n) is 6.30. The Morgan fingerprint density at radius 1 is 1.11 bits per heavy atom. The molecule has 3 rings (SSSR count). The fraction of sp³-hybridized carbons (Fsp3) is 0.316.